The van der Waals surface area contributed by atoms with Crippen LogP contribution in [0, 0.1) is 5.95 Å². The second kappa shape index (κ2) is 5.00. The van der Waals surface area contributed by atoms with E-state index in [9.17, 15) is 4.39 Å². The molecular formula is C16H10FN5. The zero-order valence-electron chi connectivity index (χ0n) is 11.4. The van der Waals surface area contributed by atoms with E-state index in [0.29, 0.717) is 5.65 Å². The normalized spacial score (nSPS) is 11.0. The molecule has 0 unspecified atom stereocenters. The zero-order chi connectivity index (χ0) is 14.9. The molecule has 0 bridgehead atoms. The third-order valence-corrected chi connectivity index (χ3v) is 3.42. The monoisotopic (exact) mass is 291 g/mol. The Hall–Kier alpha value is -3.15. The minimum atomic E-state index is -0.498. The van der Waals surface area contributed by atoms with Gasteiger partial charge in [0.05, 0.1) is 5.69 Å². The summed E-state index contributed by atoms with van der Waals surface area (Å²) in [6.45, 7) is 0. The van der Waals surface area contributed by atoms with Gasteiger partial charge in [-0.05, 0) is 42.0 Å². The number of hydrogen-bond acceptors (Lipinski definition) is 4. The van der Waals surface area contributed by atoms with E-state index in [4.69, 9.17) is 0 Å². The minimum absolute atomic E-state index is 0.498. The smallest absolute Gasteiger partial charge is 0.212 e. The van der Waals surface area contributed by atoms with Crippen molar-refractivity contribution in [3.8, 4) is 22.4 Å². The highest BCUT2D eigenvalue weighted by Gasteiger charge is 2.09. The second-order valence-electron chi connectivity index (χ2n) is 4.76. The van der Waals surface area contributed by atoms with Crippen LogP contribution in [0.15, 0.2) is 61.3 Å². The molecule has 6 heteroatoms. The lowest BCUT2D eigenvalue weighted by Crippen LogP contribution is -1.96. The first-order chi connectivity index (χ1) is 10.8. The van der Waals surface area contributed by atoms with Crippen molar-refractivity contribution < 1.29 is 4.39 Å². The van der Waals surface area contributed by atoms with Gasteiger partial charge in [-0.2, -0.15) is 9.49 Å². The van der Waals surface area contributed by atoms with Gasteiger partial charge in [0.15, 0.2) is 5.65 Å². The van der Waals surface area contributed by atoms with Crippen molar-refractivity contribution >= 4 is 5.65 Å². The summed E-state index contributed by atoms with van der Waals surface area (Å²) in [7, 11) is 0. The number of nitrogens with zero attached hydrogens (tertiary/aromatic N) is 5. The Morgan fingerprint density at radius 2 is 1.73 bits per heavy atom. The van der Waals surface area contributed by atoms with Crippen molar-refractivity contribution in [2.75, 3.05) is 0 Å². The predicted molar refractivity (Wildman–Crippen MR) is 79.4 cm³/mol. The van der Waals surface area contributed by atoms with Crippen molar-refractivity contribution in [2.45, 2.75) is 0 Å². The minimum Gasteiger partial charge on any atom is -0.265 e. The van der Waals surface area contributed by atoms with Gasteiger partial charge in [0.2, 0.25) is 5.95 Å². The Morgan fingerprint density at radius 1 is 0.864 bits per heavy atom. The first kappa shape index (κ1) is 12.6. The number of fused-ring (bicyclic) bond motifs is 1. The van der Waals surface area contributed by atoms with E-state index in [0.717, 1.165) is 22.4 Å². The van der Waals surface area contributed by atoms with Crippen LogP contribution in [-0.4, -0.2) is 24.6 Å². The first-order valence-corrected chi connectivity index (χ1v) is 6.67. The molecule has 0 saturated carbocycles. The largest absolute Gasteiger partial charge is 0.265 e. The summed E-state index contributed by atoms with van der Waals surface area (Å²) in [6, 6.07) is 10.7. The van der Waals surface area contributed by atoms with Gasteiger partial charge in [0.1, 0.15) is 6.33 Å². The van der Waals surface area contributed by atoms with Gasteiger partial charge in [-0.25, -0.2) is 14.5 Å². The molecule has 0 fully saturated rings. The molecule has 4 aromatic rings. The third kappa shape index (κ3) is 2.10. The van der Waals surface area contributed by atoms with Crippen LogP contribution >= 0.6 is 0 Å². The van der Waals surface area contributed by atoms with E-state index in [1.165, 1.54) is 18.6 Å². The van der Waals surface area contributed by atoms with Gasteiger partial charge in [0, 0.05) is 29.7 Å². The van der Waals surface area contributed by atoms with Crippen molar-refractivity contribution in [3.05, 3.63) is 67.3 Å². The molecule has 0 aromatic carbocycles. The van der Waals surface area contributed by atoms with Crippen LogP contribution in [-0.2, 0) is 0 Å². The first-order valence-electron chi connectivity index (χ1n) is 6.67. The molecule has 0 aliphatic carbocycles. The zero-order valence-corrected chi connectivity index (χ0v) is 11.4. The van der Waals surface area contributed by atoms with E-state index >= 15 is 0 Å². The summed E-state index contributed by atoms with van der Waals surface area (Å²) in [5.74, 6) is -0.498. The molecule has 0 radical (unpaired) electrons. The van der Waals surface area contributed by atoms with Gasteiger partial charge in [0.25, 0.3) is 0 Å². The maximum atomic E-state index is 13.0. The molecule has 106 valence electrons. The highest BCUT2D eigenvalue weighted by molar-refractivity contribution is 5.74. The standard InChI is InChI=1S/C16H10FN5/c17-15-2-1-12(9-19-15)13-7-14(11-3-5-18-6-4-11)22-16(8-13)20-10-21-22/h1-10H. The molecule has 0 amide bonds. The number of hydrogen-bond donors (Lipinski definition) is 0. The van der Waals surface area contributed by atoms with Gasteiger partial charge in [-0.3, -0.25) is 4.98 Å². The summed E-state index contributed by atoms with van der Waals surface area (Å²) in [5.41, 5.74) is 4.30. The van der Waals surface area contributed by atoms with E-state index in [1.807, 2.05) is 24.3 Å². The van der Waals surface area contributed by atoms with Crippen LogP contribution in [0.1, 0.15) is 0 Å². The average molecular weight is 291 g/mol. The van der Waals surface area contributed by atoms with E-state index in [1.54, 1.807) is 23.0 Å². The Kier molecular flexibility index (Phi) is 2.86. The molecule has 0 spiro atoms. The maximum Gasteiger partial charge on any atom is 0.212 e. The van der Waals surface area contributed by atoms with E-state index < -0.39 is 5.95 Å². The summed E-state index contributed by atoms with van der Waals surface area (Å²) in [4.78, 5) is 12.0. The summed E-state index contributed by atoms with van der Waals surface area (Å²) in [6.07, 6.45) is 6.47. The lowest BCUT2D eigenvalue weighted by molar-refractivity contribution is 0.584. The van der Waals surface area contributed by atoms with Crippen LogP contribution in [0.5, 0.6) is 0 Å². The molecule has 0 N–H and O–H groups in total. The fourth-order valence-corrected chi connectivity index (χ4v) is 2.37. The van der Waals surface area contributed by atoms with Crippen LogP contribution < -0.4 is 0 Å². The Labute approximate surface area is 125 Å². The van der Waals surface area contributed by atoms with Gasteiger partial charge < -0.3 is 0 Å². The summed E-state index contributed by atoms with van der Waals surface area (Å²) in [5, 5.41) is 4.25. The van der Waals surface area contributed by atoms with Crippen molar-refractivity contribution in [3.63, 3.8) is 0 Å². The maximum absolute atomic E-state index is 13.0. The van der Waals surface area contributed by atoms with Crippen molar-refractivity contribution in [1.82, 2.24) is 24.6 Å². The molecule has 0 saturated heterocycles. The topological polar surface area (TPSA) is 56.0 Å². The molecule has 0 aliphatic heterocycles. The molecule has 4 heterocycles. The summed E-state index contributed by atoms with van der Waals surface area (Å²) >= 11 is 0. The van der Waals surface area contributed by atoms with Gasteiger partial charge in [-0.1, -0.05) is 0 Å². The average Bonchev–Trinajstić information content (AvgIpc) is 3.04. The summed E-state index contributed by atoms with van der Waals surface area (Å²) < 4.78 is 14.8. The molecule has 0 atom stereocenters. The molecule has 0 aliphatic rings. The number of rotatable bonds is 2. The number of halogens is 1. The van der Waals surface area contributed by atoms with Crippen LogP contribution in [0.2, 0.25) is 0 Å². The second-order valence-corrected chi connectivity index (χ2v) is 4.76. The van der Waals surface area contributed by atoms with Crippen molar-refractivity contribution in [2.24, 2.45) is 0 Å². The molecule has 5 nitrogen and oxygen atoms in total. The Morgan fingerprint density at radius 3 is 2.50 bits per heavy atom. The van der Waals surface area contributed by atoms with Crippen LogP contribution in [0.4, 0.5) is 4.39 Å². The quantitative estimate of drug-likeness (QED) is 0.533. The van der Waals surface area contributed by atoms with Crippen LogP contribution in [0.3, 0.4) is 0 Å². The molecule has 4 aromatic heterocycles. The SMILES string of the molecule is Fc1ccc(-c2cc(-c3ccncc3)n3ncnc3c2)cn1. The molecule has 22 heavy (non-hydrogen) atoms. The lowest BCUT2D eigenvalue weighted by Gasteiger charge is -2.08. The highest BCUT2D eigenvalue weighted by Crippen LogP contribution is 2.27. The van der Waals surface area contributed by atoms with Crippen LogP contribution in [0.25, 0.3) is 28.0 Å². The molecule has 4 rings (SSSR count). The lowest BCUT2D eigenvalue weighted by atomic mass is 10.1. The van der Waals surface area contributed by atoms with Crippen molar-refractivity contribution in [1.29, 1.82) is 0 Å². The third-order valence-electron chi connectivity index (χ3n) is 3.42. The Balaban J connectivity index is 1.96. The van der Waals surface area contributed by atoms with E-state index in [-0.39, 0.29) is 0 Å². The Bertz CT molecular complexity index is 932. The van der Waals surface area contributed by atoms with E-state index in [2.05, 4.69) is 20.1 Å². The fraction of sp³-hybridized carbons (Fsp3) is 0. The predicted octanol–water partition coefficient (Wildman–Crippen LogP) is 2.99. The van der Waals surface area contributed by atoms with Gasteiger partial charge in [-0.15, -0.1) is 0 Å². The molecular weight excluding hydrogens is 281 g/mol. The fourth-order valence-electron chi connectivity index (χ4n) is 2.37. The highest BCUT2D eigenvalue weighted by atomic mass is 19.1. The number of pyridine rings is 3. The van der Waals surface area contributed by atoms with Gasteiger partial charge >= 0.3 is 0 Å². The number of aromatic nitrogens is 5.